The fourth-order valence-electron chi connectivity index (χ4n) is 1.98. The minimum atomic E-state index is -0.540. The number of rotatable bonds is 5. The molecule has 7 heteroatoms. The first-order chi connectivity index (χ1) is 11.5. The summed E-state index contributed by atoms with van der Waals surface area (Å²) >= 11 is 5.11. The fourth-order valence-corrected chi connectivity index (χ4v) is 2.19. The molecule has 0 bridgehead atoms. The van der Waals surface area contributed by atoms with Crippen LogP contribution in [0.3, 0.4) is 0 Å². The van der Waals surface area contributed by atoms with Crippen molar-refractivity contribution in [2.45, 2.75) is 6.92 Å². The van der Waals surface area contributed by atoms with Crippen LogP contribution in [0.15, 0.2) is 48.5 Å². The highest BCUT2D eigenvalue weighted by molar-refractivity contribution is 7.80. The second kappa shape index (κ2) is 8.07. The van der Waals surface area contributed by atoms with Gasteiger partial charge < -0.3 is 15.8 Å². The van der Waals surface area contributed by atoms with Gasteiger partial charge >= 0.3 is 0 Å². The summed E-state index contributed by atoms with van der Waals surface area (Å²) in [5, 5.41) is 5.52. The van der Waals surface area contributed by atoms with Gasteiger partial charge in [0.25, 0.3) is 5.91 Å². The zero-order valence-corrected chi connectivity index (χ0v) is 13.9. The van der Waals surface area contributed by atoms with Crippen molar-refractivity contribution < 1.29 is 14.3 Å². The summed E-state index contributed by atoms with van der Waals surface area (Å²) in [6.07, 6.45) is 0. The van der Waals surface area contributed by atoms with E-state index in [1.165, 1.54) is 0 Å². The van der Waals surface area contributed by atoms with Crippen LogP contribution in [0.1, 0.15) is 27.6 Å². The Morgan fingerprint density at radius 3 is 2.54 bits per heavy atom. The largest absolute Gasteiger partial charge is 0.494 e. The molecule has 0 aromatic heterocycles. The number of carbonyl (C=O) groups excluding carboxylic acids is 2. The molecule has 0 saturated carbocycles. The molecule has 6 nitrogen and oxygen atoms in total. The Morgan fingerprint density at radius 1 is 1.12 bits per heavy atom. The Labute approximate surface area is 145 Å². The van der Waals surface area contributed by atoms with Crippen LogP contribution in [0.4, 0.5) is 5.69 Å². The zero-order chi connectivity index (χ0) is 17.5. The van der Waals surface area contributed by atoms with Crippen molar-refractivity contribution in [2.75, 3.05) is 11.9 Å². The van der Waals surface area contributed by atoms with E-state index in [1.807, 2.05) is 6.92 Å². The van der Waals surface area contributed by atoms with Crippen molar-refractivity contribution in [3.05, 3.63) is 59.7 Å². The van der Waals surface area contributed by atoms with Crippen molar-refractivity contribution in [1.82, 2.24) is 5.32 Å². The molecule has 0 atom stereocenters. The minimum Gasteiger partial charge on any atom is -0.494 e. The van der Waals surface area contributed by atoms with Gasteiger partial charge in [-0.2, -0.15) is 0 Å². The molecule has 0 fully saturated rings. The molecule has 2 amide bonds. The maximum Gasteiger partial charge on any atom is 0.257 e. The Kier molecular flexibility index (Phi) is 5.86. The van der Waals surface area contributed by atoms with Crippen LogP contribution in [0, 0.1) is 0 Å². The van der Waals surface area contributed by atoms with Gasteiger partial charge in [-0.1, -0.05) is 12.1 Å². The molecule has 2 aromatic rings. The summed E-state index contributed by atoms with van der Waals surface area (Å²) in [4.78, 5) is 23.4. The maximum atomic E-state index is 12.2. The summed E-state index contributed by atoms with van der Waals surface area (Å²) in [7, 11) is 0. The molecule has 2 aromatic carbocycles. The van der Waals surface area contributed by atoms with Crippen LogP contribution in [0.2, 0.25) is 0 Å². The van der Waals surface area contributed by atoms with Gasteiger partial charge in [-0.3, -0.25) is 14.9 Å². The lowest BCUT2D eigenvalue weighted by Crippen LogP contribution is -2.34. The summed E-state index contributed by atoms with van der Waals surface area (Å²) in [6.45, 7) is 2.38. The fraction of sp³-hybridized carbons (Fsp3) is 0.118. The summed E-state index contributed by atoms with van der Waals surface area (Å²) in [5.41, 5.74) is 6.56. The van der Waals surface area contributed by atoms with E-state index in [-0.39, 0.29) is 11.0 Å². The molecule has 0 aliphatic rings. The summed E-state index contributed by atoms with van der Waals surface area (Å²) in [5.74, 6) is -0.292. The van der Waals surface area contributed by atoms with Crippen LogP contribution < -0.4 is 21.1 Å². The van der Waals surface area contributed by atoms with E-state index in [0.29, 0.717) is 29.2 Å². The third kappa shape index (κ3) is 4.79. The van der Waals surface area contributed by atoms with E-state index >= 15 is 0 Å². The standard InChI is InChI=1S/C17H17N3O3S/c1-2-23-14-8-4-6-12(10-14)16(22)20-17(24)19-13-7-3-5-11(9-13)15(18)21/h3-10H,2H2,1H3,(H2,18,21)(H2,19,20,22,24). The number of nitrogens with one attached hydrogen (secondary N) is 2. The Morgan fingerprint density at radius 2 is 1.83 bits per heavy atom. The lowest BCUT2D eigenvalue weighted by molar-refractivity contribution is 0.0974. The van der Waals surface area contributed by atoms with Gasteiger partial charge in [0.1, 0.15) is 5.75 Å². The Bertz CT molecular complexity index is 777. The number of nitrogens with two attached hydrogens (primary N) is 1. The third-order valence-corrected chi connectivity index (χ3v) is 3.24. The molecule has 0 spiro atoms. The van der Waals surface area contributed by atoms with Crippen LogP contribution >= 0.6 is 12.2 Å². The van der Waals surface area contributed by atoms with E-state index in [2.05, 4.69) is 10.6 Å². The van der Waals surface area contributed by atoms with Gasteiger partial charge in [0.15, 0.2) is 5.11 Å². The third-order valence-electron chi connectivity index (χ3n) is 3.04. The number of ether oxygens (including phenoxy) is 1. The second-order valence-corrected chi connectivity index (χ2v) is 5.22. The first kappa shape index (κ1) is 17.4. The number of amides is 2. The van der Waals surface area contributed by atoms with Crippen molar-refractivity contribution in [3.63, 3.8) is 0 Å². The molecular weight excluding hydrogens is 326 g/mol. The Balaban J connectivity index is 2.01. The van der Waals surface area contributed by atoms with E-state index in [4.69, 9.17) is 22.7 Å². The summed E-state index contributed by atoms with van der Waals surface area (Å²) < 4.78 is 5.36. The molecule has 0 aliphatic carbocycles. The monoisotopic (exact) mass is 343 g/mol. The molecule has 124 valence electrons. The molecule has 4 N–H and O–H groups in total. The molecule has 0 radical (unpaired) electrons. The lowest BCUT2D eigenvalue weighted by Gasteiger charge is -2.11. The van der Waals surface area contributed by atoms with E-state index in [0.717, 1.165) is 0 Å². The molecular formula is C17H17N3O3S. The highest BCUT2D eigenvalue weighted by Crippen LogP contribution is 2.13. The van der Waals surface area contributed by atoms with Crippen LogP contribution in [-0.2, 0) is 0 Å². The average molecular weight is 343 g/mol. The predicted molar refractivity (Wildman–Crippen MR) is 96.3 cm³/mol. The van der Waals surface area contributed by atoms with Gasteiger partial charge in [0, 0.05) is 16.8 Å². The van der Waals surface area contributed by atoms with Crippen molar-refractivity contribution >= 4 is 34.8 Å². The highest BCUT2D eigenvalue weighted by Gasteiger charge is 2.09. The number of hydrogen-bond donors (Lipinski definition) is 3. The van der Waals surface area contributed by atoms with E-state index in [1.54, 1.807) is 48.5 Å². The zero-order valence-electron chi connectivity index (χ0n) is 13.0. The highest BCUT2D eigenvalue weighted by atomic mass is 32.1. The number of anilines is 1. The average Bonchev–Trinajstić information content (AvgIpc) is 2.55. The van der Waals surface area contributed by atoms with Gasteiger partial charge in [-0.25, -0.2) is 0 Å². The summed E-state index contributed by atoms with van der Waals surface area (Å²) in [6, 6.07) is 13.3. The first-order valence-electron chi connectivity index (χ1n) is 7.24. The molecule has 24 heavy (non-hydrogen) atoms. The molecule has 0 aliphatic heterocycles. The number of primary amides is 1. The van der Waals surface area contributed by atoms with Crippen LogP contribution in [0.25, 0.3) is 0 Å². The van der Waals surface area contributed by atoms with Crippen molar-refractivity contribution in [1.29, 1.82) is 0 Å². The number of benzene rings is 2. The quantitative estimate of drug-likeness (QED) is 0.725. The smallest absolute Gasteiger partial charge is 0.257 e. The minimum absolute atomic E-state index is 0.114. The van der Waals surface area contributed by atoms with Crippen LogP contribution in [-0.4, -0.2) is 23.5 Å². The Hall–Kier alpha value is -2.93. The normalized spacial score (nSPS) is 9.88. The predicted octanol–water partition coefficient (Wildman–Crippen LogP) is 2.31. The second-order valence-electron chi connectivity index (χ2n) is 4.81. The van der Waals surface area contributed by atoms with Crippen molar-refractivity contribution in [2.24, 2.45) is 5.73 Å². The van der Waals surface area contributed by atoms with Gasteiger partial charge in [0.05, 0.1) is 6.61 Å². The van der Waals surface area contributed by atoms with Gasteiger partial charge in [0.2, 0.25) is 5.91 Å². The first-order valence-corrected chi connectivity index (χ1v) is 7.65. The maximum absolute atomic E-state index is 12.2. The number of carbonyl (C=O) groups is 2. The molecule has 0 unspecified atom stereocenters. The SMILES string of the molecule is CCOc1cccc(C(=O)NC(=S)Nc2cccc(C(N)=O)c2)c1. The van der Waals surface area contributed by atoms with E-state index in [9.17, 15) is 9.59 Å². The van der Waals surface area contributed by atoms with Crippen LogP contribution in [0.5, 0.6) is 5.75 Å². The topological polar surface area (TPSA) is 93.4 Å². The van der Waals surface area contributed by atoms with Gasteiger partial charge in [-0.15, -0.1) is 0 Å². The molecule has 0 saturated heterocycles. The molecule has 2 rings (SSSR count). The van der Waals surface area contributed by atoms with Gasteiger partial charge in [-0.05, 0) is 55.5 Å². The molecule has 0 heterocycles. The lowest BCUT2D eigenvalue weighted by atomic mass is 10.2. The van der Waals surface area contributed by atoms with Crippen molar-refractivity contribution in [3.8, 4) is 5.75 Å². The van der Waals surface area contributed by atoms with E-state index < -0.39 is 5.91 Å². The number of thiocarbonyl (C=S) groups is 1. The number of hydrogen-bond acceptors (Lipinski definition) is 4.